The molecule has 0 saturated carbocycles. The van der Waals surface area contributed by atoms with Crippen molar-refractivity contribution in [2.24, 2.45) is 0 Å². The minimum absolute atomic E-state index is 0.107. The molecule has 0 aliphatic heterocycles. The standard InChI is InChI=1S/C19H22ClNOS2/c1-15-5-7-16(8-6-15)12-24-14-19(22)21-9-10-23-13-17-3-2-4-18(20)11-17/h2-8,11H,9-10,12-14H2,1H3,(H,21,22). The number of carbonyl (C=O) groups is 1. The second kappa shape index (κ2) is 10.7. The molecule has 0 bridgehead atoms. The third kappa shape index (κ3) is 7.65. The van der Waals surface area contributed by atoms with E-state index < -0.39 is 0 Å². The van der Waals surface area contributed by atoms with E-state index >= 15 is 0 Å². The molecule has 2 aromatic rings. The predicted molar refractivity (Wildman–Crippen MR) is 108 cm³/mol. The van der Waals surface area contributed by atoms with Crippen molar-refractivity contribution in [1.29, 1.82) is 0 Å². The van der Waals surface area contributed by atoms with Crippen LogP contribution in [0, 0.1) is 6.92 Å². The summed E-state index contributed by atoms with van der Waals surface area (Å²) in [6.45, 7) is 2.78. The van der Waals surface area contributed by atoms with Crippen LogP contribution < -0.4 is 5.32 Å². The quantitative estimate of drug-likeness (QED) is 0.626. The number of nitrogens with one attached hydrogen (secondary N) is 1. The van der Waals surface area contributed by atoms with E-state index in [1.807, 2.05) is 18.2 Å². The molecule has 2 nitrogen and oxygen atoms in total. The summed E-state index contributed by atoms with van der Waals surface area (Å²) in [5.41, 5.74) is 3.74. The molecule has 0 aliphatic rings. The fourth-order valence-electron chi connectivity index (χ4n) is 2.08. The zero-order valence-corrected chi connectivity index (χ0v) is 16.1. The second-order valence-electron chi connectivity index (χ2n) is 5.51. The number of rotatable bonds is 9. The Morgan fingerprint density at radius 3 is 2.54 bits per heavy atom. The van der Waals surface area contributed by atoms with E-state index in [1.165, 1.54) is 16.7 Å². The number of benzene rings is 2. The van der Waals surface area contributed by atoms with Crippen molar-refractivity contribution in [2.45, 2.75) is 18.4 Å². The molecule has 2 aromatic carbocycles. The van der Waals surface area contributed by atoms with Crippen molar-refractivity contribution in [2.75, 3.05) is 18.1 Å². The first-order valence-corrected chi connectivity index (χ1v) is 10.5. The van der Waals surface area contributed by atoms with Gasteiger partial charge in [-0.2, -0.15) is 11.8 Å². The lowest BCUT2D eigenvalue weighted by Gasteiger charge is -2.06. The van der Waals surface area contributed by atoms with Crippen molar-refractivity contribution in [3.8, 4) is 0 Å². The zero-order chi connectivity index (χ0) is 17.2. The van der Waals surface area contributed by atoms with Crippen LogP contribution in [0.15, 0.2) is 48.5 Å². The average Bonchev–Trinajstić information content (AvgIpc) is 2.56. The van der Waals surface area contributed by atoms with Gasteiger partial charge in [0.1, 0.15) is 0 Å². The molecule has 0 saturated heterocycles. The van der Waals surface area contributed by atoms with Gasteiger partial charge in [-0.25, -0.2) is 0 Å². The highest BCUT2D eigenvalue weighted by Crippen LogP contribution is 2.16. The summed E-state index contributed by atoms with van der Waals surface area (Å²) in [6.07, 6.45) is 0. The molecule has 5 heteroatoms. The van der Waals surface area contributed by atoms with Gasteiger partial charge in [0.25, 0.3) is 0 Å². The number of carbonyl (C=O) groups excluding carboxylic acids is 1. The van der Waals surface area contributed by atoms with Crippen molar-refractivity contribution >= 4 is 41.0 Å². The van der Waals surface area contributed by atoms with E-state index in [1.54, 1.807) is 23.5 Å². The smallest absolute Gasteiger partial charge is 0.230 e. The Morgan fingerprint density at radius 2 is 1.79 bits per heavy atom. The number of halogens is 1. The Bertz CT molecular complexity index is 646. The summed E-state index contributed by atoms with van der Waals surface area (Å²) < 4.78 is 0. The third-order valence-corrected chi connectivity index (χ3v) is 5.62. The summed E-state index contributed by atoms with van der Waals surface area (Å²) in [7, 11) is 0. The van der Waals surface area contributed by atoms with Gasteiger partial charge < -0.3 is 5.32 Å². The van der Waals surface area contributed by atoms with Crippen LogP contribution in [0.2, 0.25) is 5.02 Å². The van der Waals surface area contributed by atoms with Crippen molar-refractivity contribution in [3.05, 3.63) is 70.2 Å². The molecule has 0 fully saturated rings. The maximum atomic E-state index is 11.8. The van der Waals surface area contributed by atoms with Gasteiger partial charge in [-0.15, -0.1) is 11.8 Å². The molecule has 0 unspecified atom stereocenters. The summed E-state index contributed by atoms with van der Waals surface area (Å²) >= 11 is 9.41. The Hall–Kier alpha value is -1.10. The zero-order valence-electron chi connectivity index (χ0n) is 13.8. The van der Waals surface area contributed by atoms with Gasteiger partial charge in [-0.3, -0.25) is 4.79 Å². The van der Waals surface area contributed by atoms with Crippen LogP contribution in [0.5, 0.6) is 0 Å². The molecule has 1 N–H and O–H groups in total. The van der Waals surface area contributed by atoms with Crippen molar-refractivity contribution in [3.63, 3.8) is 0 Å². The van der Waals surface area contributed by atoms with Gasteiger partial charge in [0, 0.05) is 28.8 Å². The molecule has 128 valence electrons. The van der Waals surface area contributed by atoms with E-state index in [-0.39, 0.29) is 5.91 Å². The van der Waals surface area contributed by atoms with Crippen LogP contribution in [0.3, 0.4) is 0 Å². The molecule has 1 amide bonds. The van der Waals surface area contributed by atoms with Crippen LogP contribution in [0.25, 0.3) is 0 Å². The summed E-state index contributed by atoms with van der Waals surface area (Å²) in [5.74, 6) is 3.30. The molecule has 2 rings (SSSR count). The third-order valence-electron chi connectivity index (χ3n) is 3.35. The van der Waals surface area contributed by atoms with E-state index in [0.29, 0.717) is 12.3 Å². The number of hydrogen-bond donors (Lipinski definition) is 1. The van der Waals surface area contributed by atoms with E-state index in [2.05, 4.69) is 42.6 Å². The first-order valence-electron chi connectivity index (χ1n) is 7.85. The molecule has 0 heterocycles. The Balaban J connectivity index is 1.52. The lowest BCUT2D eigenvalue weighted by atomic mass is 10.2. The topological polar surface area (TPSA) is 29.1 Å². The summed E-state index contributed by atoms with van der Waals surface area (Å²) in [4.78, 5) is 11.8. The highest BCUT2D eigenvalue weighted by Gasteiger charge is 2.02. The normalized spacial score (nSPS) is 10.6. The Morgan fingerprint density at radius 1 is 1.04 bits per heavy atom. The fraction of sp³-hybridized carbons (Fsp3) is 0.316. The summed E-state index contributed by atoms with van der Waals surface area (Å²) in [6, 6.07) is 16.3. The fourth-order valence-corrected chi connectivity index (χ4v) is 3.91. The van der Waals surface area contributed by atoms with Crippen LogP contribution in [0.1, 0.15) is 16.7 Å². The maximum absolute atomic E-state index is 11.8. The molecule has 0 aromatic heterocycles. The van der Waals surface area contributed by atoms with E-state index in [9.17, 15) is 4.79 Å². The number of amides is 1. The molecular weight excluding hydrogens is 358 g/mol. The summed E-state index contributed by atoms with van der Waals surface area (Å²) in [5, 5.41) is 3.74. The van der Waals surface area contributed by atoms with E-state index in [4.69, 9.17) is 11.6 Å². The van der Waals surface area contributed by atoms with Crippen LogP contribution in [-0.2, 0) is 16.3 Å². The minimum Gasteiger partial charge on any atom is -0.355 e. The Labute approximate surface area is 157 Å². The van der Waals surface area contributed by atoms with Gasteiger partial charge in [0.15, 0.2) is 0 Å². The molecule has 24 heavy (non-hydrogen) atoms. The molecular formula is C19H22ClNOS2. The molecule has 0 atom stereocenters. The predicted octanol–water partition coefficient (Wildman–Crippen LogP) is 4.93. The van der Waals surface area contributed by atoms with Gasteiger partial charge in [0.2, 0.25) is 5.91 Å². The lowest BCUT2D eigenvalue weighted by Crippen LogP contribution is -2.27. The number of thioether (sulfide) groups is 2. The number of hydrogen-bond acceptors (Lipinski definition) is 3. The average molecular weight is 380 g/mol. The van der Waals surface area contributed by atoms with Gasteiger partial charge >= 0.3 is 0 Å². The first-order chi connectivity index (χ1) is 11.6. The van der Waals surface area contributed by atoms with Crippen LogP contribution >= 0.6 is 35.1 Å². The number of aryl methyl sites for hydroxylation is 1. The monoisotopic (exact) mass is 379 g/mol. The van der Waals surface area contributed by atoms with Gasteiger partial charge in [-0.05, 0) is 30.2 Å². The van der Waals surface area contributed by atoms with Crippen molar-refractivity contribution in [1.82, 2.24) is 5.32 Å². The van der Waals surface area contributed by atoms with E-state index in [0.717, 1.165) is 22.3 Å². The second-order valence-corrected chi connectivity index (χ2v) is 8.04. The van der Waals surface area contributed by atoms with Crippen molar-refractivity contribution < 1.29 is 4.79 Å². The minimum atomic E-state index is 0.107. The highest BCUT2D eigenvalue weighted by molar-refractivity contribution is 7.99. The first kappa shape index (κ1) is 19.2. The lowest BCUT2D eigenvalue weighted by molar-refractivity contribution is -0.118. The van der Waals surface area contributed by atoms with Gasteiger partial charge in [0.05, 0.1) is 5.75 Å². The largest absolute Gasteiger partial charge is 0.355 e. The molecule has 0 aliphatic carbocycles. The SMILES string of the molecule is Cc1ccc(CSCC(=O)NCCSCc2cccc(Cl)c2)cc1. The Kier molecular flexibility index (Phi) is 8.57. The van der Waals surface area contributed by atoms with Crippen LogP contribution in [0.4, 0.5) is 0 Å². The maximum Gasteiger partial charge on any atom is 0.230 e. The van der Waals surface area contributed by atoms with Gasteiger partial charge in [-0.1, -0.05) is 53.6 Å². The van der Waals surface area contributed by atoms with Crippen LogP contribution in [-0.4, -0.2) is 24.0 Å². The highest BCUT2D eigenvalue weighted by atomic mass is 35.5. The molecule has 0 radical (unpaired) electrons. The molecule has 0 spiro atoms.